The van der Waals surface area contributed by atoms with Crippen LogP contribution in [0.4, 0.5) is 5.82 Å². The van der Waals surface area contributed by atoms with Gasteiger partial charge in [-0.15, -0.1) is 0 Å². The maximum absolute atomic E-state index is 12.7. The van der Waals surface area contributed by atoms with Crippen LogP contribution in [-0.2, 0) is 22.9 Å². The van der Waals surface area contributed by atoms with Crippen LogP contribution in [0.15, 0.2) is 49.3 Å². The molecule has 0 radical (unpaired) electrons. The van der Waals surface area contributed by atoms with Crippen molar-refractivity contribution in [2.45, 2.75) is 49.3 Å². The van der Waals surface area contributed by atoms with E-state index in [1.54, 1.807) is 41.2 Å². The van der Waals surface area contributed by atoms with Crippen molar-refractivity contribution in [3.8, 4) is 0 Å². The molecule has 10 atom stereocenters. The molecule has 10 unspecified atom stereocenters. The average molecular weight is 659 g/mol. The molecule has 0 bridgehead atoms. The fourth-order valence-corrected chi connectivity index (χ4v) is 8.28. The number of imidazole rings is 1. The number of aliphatic hydroxyl groups is 4. The Morgan fingerprint density at radius 2 is 1.82 bits per heavy atom. The molecule has 2 aliphatic rings. The summed E-state index contributed by atoms with van der Waals surface area (Å²) in [4.78, 5) is 32.5. The zero-order valence-corrected chi connectivity index (χ0v) is 24.9. The van der Waals surface area contributed by atoms with Gasteiger partial charge in [-0.25, -0.2) is 15.0 Å². The SMILES string of the molecule is Nc1ncnc2c1ncn2C1OC(COP(=O)(O)CP(=O)(O)OCC2C=CC([n+]3cccc(C(N)O)c3)CC2O)C(O)C1O. The van der Waals surface area contributed by atoms with E-state index in [4.69, 9.17) is 25.3 Å². The number of hydrogen-bond donors (Lipinski definition) is 8. The highest BCUT2D eigenvalue weighted by Crippen LogP contribution is 2.58. The monoisotopic (exact) mass is 658 g/mol. The molecule has 44 heavy (non-hydrogen) atoms. The molecular weight excluding hydrogens is 624 g/mol. The molecule has 0 amide bonds. The van der Waals surface area contributed by atoms with Crippen molar-refractivity contribution in [2.75, 3.05) is 24.9 Å². The second-order valence-corrected chi connectivity index (χ2v) is 14.8. The minimum Gasteiger partial charge on any atom is -0.392 e. The Balaban J connectivity index is 1.14. The van der Waals surface area contributed by atoms with Crippen molar-refractivity contribution < 1.29 is 57.7 Å². The van der Waals surface area contributed by atoms with Crippen LogP contribution in [0.25, 0.3) is 11.2 Å². The second-order valence-electron chi connectivity index (χ2n) is 10.6. The first-order valence-electron chi connectivity index (χ1n) is 13.4. The third kappa shape index (κ3) is 7.23. The largest absolute Gasteiger partial charge is 0.392 e. The molecule has 0 saturated carbocycles. The predicted octanol–water partition coefficient (Wildman–Crippen LogP) is -1.20. The van der Waals surface area contributed by atoms with E-state index >= 15 is 0 Å². The average Bonchev–Trinajstić information content (AvgIpc) is 3.52. The summed E-state index contributed by atoms with van der Waals surface area (Å²) < 4.78 is 44.1. The Morgan fingerprint density at radius 1 is 1.09 bits per heavy atom. The van der Waals surface area contributed by atoms with Gasteiger partial charge in [0.1, 0.15) is 36.4 Å². The van der Waals surface area contributed by atoms with E-state index in [2.05, 4.69) is 15.0 Å². The summed E-state index contributed by atoms with van der Waals surface area (Å²) in [5.41, 5.74) is 12.2. The predicted molar refractivity (Wildman–Crippen MR) is 150 cm³/mol. The van der Waals surface area contributed by atoms with Gasteiger partial charge in [0, 0.05) is 18.4 Å². The van der Waals surface area contributed by atoms with E-state index in [0.717, 1.165) is 0 Å². The minimum atomic E-state index is -4.77. The van der Waals surface area contributed by atoms with Crippen LogP contribution in [0.1, 0.15) is 30.5 Å². The van der Waals surface area contributed by atoms with Gasteiger partial charge in [-0.3, -0.25) is 13.7 Å². The molecule has 4 heterocycles. The zero-order valence-electron chi connectivity index (χ0n) is 23.1. The Bertz CT molecular complexity index is 1610. The molecule has 20 heteroatoms. The number of aromatic nitrogens is 5. The number of nitrogens with zero attached hydrogens (tertiary/aromatic N) is 5. The summed E-state index contributed by atoms with van der Waals surface area (Å²) in [6.07, 6.45) is 1.74. The van der Waals surface area contributed by atoms with Crippen LogP contribution < -0.4 is 16.0 Å². The minimum absolute atomic E-state index is 0.0888. The Morgan fingerprint density at radius 3 is 2.52 bits per heavy atom. The lowest BCUT2D eigenvalue weighted by Crippen LogP contribution is -2.43. The maximum Gasteiger partial charge on any atom is 0.340 e. The number of ether oxygens (including phenoxy) is 1. The zero-order chi connectivity index (χ0) is 31.8. The van der Waals surface area contributed by atoms with Crippen LogP contribution in [0.3, 0.4) is 0 Å². The van der Waals surface area contributed by atoms with Crippen LogP contribution in [0, 0.1) is 5.92 Å². The first-order valence-corrected chi connectivity index (χ1v) is 17.0. The van der Waals surface area contributed by atoms with Gasteiger partial charge in [-0.1, -0.05) is 6.08 Å². The molecule has 1 saturated heterocycles. The number of pyridine rings is 1. The highest BCUT2D eigenvalue weighted by Gasteiger charge is 2.46. The van der Waals surface area contributed by atoms with Crippen LogP contribution in [0.5, 0.6) is 0 Å². The van der Waals surface area contributed by atoms with E-state index < -0.39 is 77.1 Å². The Kier molecular flexibility index (Phi) is 9.63. The third-order valence-corrected chi connectivity index (χ3v) is 11.4. The molecule has 5 rings (SSSR count). The molecule has 1 fully saturated rings. The standard InChI is InChI=1S/C24H33N7O11P2/c25-21-18-23(28-10-27-21)31(11-29-18)24-20(34)19(33)17(42-24)9-41-44(38,39)12-43(36,37)40-8-14-3-4-15(6-16(14)32)30-5-1-2-13(7-30)22(26)35/h1-5,7,10-11,14-17,19-20,22,24,32-35H,6,8-9,12,26H2,(H3-,25,27,28,36,37,38,39)/p+1. The van der Waals surface area contributed by atoms with Gasteiger partial charge >= 0.3 is 15.2 Å². The molecule has 1 aliphatic heterocycles. The lowest BCUT2D eigenvalue weighted by molar-refractivity contribution is -0.715. The smallest absolute Gasteiger partial charge is 0.340 e. The molecule has 3 aromatic rings. The summed E-state index contributed by atoms with van der Waals surface area (Å²) in [6.45, 7) is -1.13. The Hall–Kier alpha value is -2.70. The van der Waals surface area contributed by atoms with Crippen molar-refractivity contribution >= 4 is 32.2 Å². The first kappa shape index (κ1) is 32.7. The van der Waals surface area contributed by atoms with Gasteiger partial charge in [-0.2, -0.15) is 4.57 Å². The molecule has 0 aromatic carbocycles. The summed E-state index contributed by atoms with van der Waals surface area (Å²) in [6, 6.07) is 3.07. The topological polar surface area (TPSA) is 283 Å². The number of aliphatic hydroxyl groups excluding tert-OH is 4. The van der Waals surface area contributed by atoms with Gasteiger partial charge in [0.05, 0.1) is 31.2 Å². The number of hydrogen-bond acceptors (Lipinski definition) is 14. The van der Waals surface area contributed by atoms with Crippen molar-refractivity contribution in [3.63, 3.8) is 0 Å². The molecule has 18 nitrogen and oxygen atoms in total. The van der Waals surface area contributed by atoms with Gasteiger partial charge in [0.15, 0.2) is 42.0 Å². The van der Waals surface area contributed by atoms with E-state index in [0.29, 0.717) is 5.56 Å². The number of nitrogen functional groups attached to an aromatic ring is 1. The van der Waals surface area contributed by atoms with Gasteiger partial charge in [-0.05, 0) is 12.1 Å². The third-order valence-electron chi connectivity index (χ3n) is 7.39. The highest BCUT2D eigenvalue weighted by molar-refractivity contribution is 7.70. The number of nitrogens with two attached hydrogens (primary N) is 2. The highest BCUT2D eigenvalue weighted by atomic mass is 31.2. The fraction of sp³-hybridized carbons (Fsp3) is 0.500. The van der Waals surface area contributed by atoms with Gasteiger partial charge in [0.25, 0.3) is 0 Å². The second kappa shape index (κ2) is 13.0. The normalized spacial score (nSPS) is 30.7. The molecule has 240 valence electrons. The van der Waals surface area contributed by atoms with Crippen molar-refractivity contribution in [1.82, 2.24) is 19.5 Å². The molecule has 10 N–H and O–H groups in total. The van der Waals surface area contributed by atoms with E-state index in [1.807, 2.05) is 0 Å². The number of allylic oxidation sites excluding steroid dienone is 1. The van der Waals surface area contributed by atoms with E-state index in [9.17, 15) is 39.3 Å². The summed E-state index contributed by atoms with van der Waals surface area (Å²) in [5.74, 6) is -1.86. The lowest BCUT2D eigenvalue weighted by Gasteiger charge is -2.26. The van der Waals surface area contributed by atoms with Crippen molar-refractivity contribution in [1.29, 1.82) is 0 Å². The molecule has 3 aromatic heterocycles. The number of anilines is 1. The van der Waals surface area contributed by atoms with Crippen LogP contribution in [0.2, 0.25) is 0 Å². The summed E-state index contributed by atoms with van der Waals surface area (Å²) >= 11 is 0. The first-order chi connectivity index (χ1) is 20.7. The maximum atomic E-state index is 12.7. The lowest BCUT2D eigenvalue weighted by atomic mass is 9.90. The quantitative estimate of drug-likeness (QED) is 0.0520. The van der Waals surface area contributed by atoms with Gasteiger partial charge < -0.3 is 55.5 Å². The van der Waals surface area contributed by atoms with Crippen molar-refractivity contribution in [3.05, 3.63) is 54.9 Å². The Labute approximate surface area is 250 Å². The van der Waals surface area contributed by atoms with E-state index in [1.165, 1.54) is 17.2 Å². The van der Waals surface area contributed by atoms with Crippen molar-refractivity contribution in [2.24, 2.45) is 11.7 Å². The van der Waals surface area contributed by atoms with Crippen LogP contribution >= 0.6 is 15.2 Å². The van der Waals surface area contributed by atoms with Crippen LogP contribution in [-0.4, -0.2) is 93.3 Å². The summed E-state index contributed by atoms with van der Waals surface area (Å²) in [5, 5.41) is 41.2. The molecule has 1 aliphatic carbocycles. The molecule has 0 spiro atoms. The number of fused-ring (bicyclic) bond motifs is 1. The fourth-order valence-electron chi connectivity index (χ4n) is 5.03. The number of rotatable bonds is 11. The van der Waals surface area contributed by atoms with Gasteiger partial charge in [0.2, 0.25) is 0 Å². The molecular formula is C24H34N7O11P2+. The van der Waals surface area contributed by atoms with E-state index in [-0.39, 0.29) is 29.4 Å². The summed E-state index contributed by atoms with van der Waals surface area (Å²) in [7, 11) is -9.46.